The number of carbonyl (C=O) groups excluding carboxylic acids is 2. The van der Waals surface area contributed by atoms with Crippen LogP contribution < -0.4 is 10.0 Å². The number of benzene rings is 1. The van der Waals surface area contributed by atoms with Gasteiger partial charge >= 0.3 is 5.97 Å². The summed E-state index contributed by atoms with van der Waals surface area (Å²) in [6.07, 6.45) is 4.19. The van der Waals surface area contributed by atoms with Crippen LogP contribution in [0, 0.1) is 5.92 Å². The number of anilines is 1. The number of nitrogens with two attached hydrogens (primary N) is 1. The molecule has 3 rings (SSSR count). The van der Waals surface area contributed by atoms with Crippen LogP contribution in [0.3, 0.4) is 0 Å². The highest BCUT2D eigenvalue weighted by molar-refractivity contribution is 7.89. The highest BCUT2D eigenvalue weighted by Crippen LogP contribution is 2.29. The summed E-state index contributed by atoms with van der Waals surface area (Å²) in [6, 6.07) is 4.19. The number of sulfonamides is 1. The molecule has 1 aliphatic heterocycles. The SMILES string of the molecule is COC(=O)c1cc(S(N)(=O)=O)ccc1N1CCN(C(=O)C2CCCC2)CC1. The van der Waals surface area contributed by atoms with Gasteiger partial charge < -0.3 is 14.5 Å². The number of piperazine rings is 1. The summed E-state index contributed by atoms with van der Waals surface area (Å²) in [5.74, 6) is -0.249. The zero-order valence-corrected chi connectivity index (χ0v) is 16.2. The van der Waals surface area contributed by atoms with Crippen molar-refractivity contribution in [1.82, 2.24) is 4.90 Å². The highest BCUT2D eigenvalue weighted by atomic mass is 32.2. The van der Waals surface area contributed by atoms with Crippen LogP contribution in [0.25, 0.3) is 0 Å². The first kappa shape index (κ1) is 19.6. The van der Waals surface area contributed by atoms with Gasteiger partial charge in [0.2, 0.25) is 15.9 Å². The number of primary sulfonamides is 1. The van der Waals surface area contributed by atoms with E-state index in [0.29, 0.717) is 31.9 Å². The Morgan fingerprint density at radius 3 is 2.30 bits per heavy atom. The van der Waals surface area contributed by atoms with Crippen LogP contribution in [-0.2, 0) is 19.6 Å². The standard InChI is InChI=1S/C18H25N3O5S/c1-26-18(23)15-12-14(27(19,24)25)6-7-16(15)20-8-10-21(11-9-20)17(22)13-4-2-3-5-13/h6-7,12-13H,2-5,8-11H2,1H3,(H2,19,24,25). The molecule has 1 aromatic carbocycles. The third kappa shape index (κ3) is 4.24. The average Bonchev–Trinajstić information content (AvgIpc) is 3.20. The average molecular weight is 395 g/mol. The maximum absolute atomic E-state index is 12.6. The molecule has 0 radical (unpaired) electrons. The number of ether oxygens (including phenoxy) is 1. The van der Waals surface area contributed by atoms with Crippen molar-refractivity contribution < 1.29 is 22.7 Å². The van der Waals surface area contributed by atoms with E-state index in [9.17, 15) is 18.0 Å². The second kappa shape index (κ2) is 7.85. The number of esters is 1. The van der Waals surface area contributed by atoms with Gasteiger partial charge in [0.1, 0.15) is 0 Å². The summed E-state index contributed by atoms with van der Waals surface area (Å²) in [6.45, 7) is 2.29. The first-order chi connectivity index (χ1) is 12.8. The van der Waals surface area contributed by atoms with E-state index < -0.39 is 16.0 Å². The van der Waals surface area contributed by atoms with Gasteiger partial charge in [0.25, 0.3) is 0 Å². The van der Waals surface area contributed by atoms with Gasteiger partial charge in [-0.3, -0.25) is 4.79 Å². The molecule has 9 heteroatoms. The largest absolute Gasteiger partial charge is 0.465 e. The topological polar surface area (TPSA) is 110 Å². The van der Waals surface area contributed by atoms with E-state index >= 15 is 0 Å². The molecule has 1 aromatic rings. The Morgan fingerprint density at radius 1 is 1.11 bits per heavy atom. The van der Waals surface area contributed by atoms with E-state index in [1.54, 1.807) is 6.07 Å². The maximum atomic E-state index is 12.6. The Kier molecular flexibility index (Phi) is 5.71. The lowest BCUT2D eigenvalue weighted by Gasteiger charge is -2.37. The van der Waals surface area contributed by atoms with E-state index in [1.807, 2.05) is 9.80 Å². The van der Waals surface area contributed by atoms with E-state index in [2.05, 4.69) is 0 Å². The lowest BCUT2D eigenvalue weighted by Crippen LogP contribution is -2.50. The van der Waals surface area contributed by atoms with Crippen LogP contribution >= 0.6 is 0 Å². The number of carbonyl (C=O) groups is 2. The molecule has 8 nitrogen and oxygen atoms in total. The number of rotatable bonds is 4. The fourth-order valence-corrected chi connectivity index (χ4v) is 4.38. The molecule has 0 atom stereocenters. The maximum Gasteiger partial charge on any atom is 0.340 e. The van der Waals surface area contributed by atoms with Gasteiger partial charge in [0.05, 0.1) is 23.3 Å². The molecule has 1 aliphatic carbocycles. The molecule has 1 saturated carbocycles. The second-order valence-electron chi connectivity index (χ2n) is 7.01. The van der Waals surface area contributed by atoms with Gasteiger partial charge in [-0.2, -0.15) is 0 Å². The third-order valence-electron chi connectivity index (χ3n) is 5.34. The Hall–Kier alpha value is -2.13. The van der Waals surface area contributed by atoms with Crippen molar-refractivity contribution in [3.8, 4) is 0 Å². The predicted octanol–water partition coefficient (Wildman–Crippen LogP) is 0.959. The Morgan fingerprint density at radius 2 is 1.74 bits per heavy atom. The highest BCUT2D eigenvalue weighted by Gasteiger charge is 2.30. The van der Waals surface area contributed by atoms with Crippen molar-refractivity contribution in [3.63, 3.8) is 0 Å². The van der Waals surface area contributed by atoms with Crippen LogP contribution in [-0.4, -0.2) is 58.5 Å². The van der Waals surface area contributed by atoms with Crippen LogP contribution in [0.1, 0.15) is 36.0 Å². The molecule has 1 heterocycles. The Bertz CT molecular complexity index is 825. The summed E-state index contributed by atoms with van der Waals surface area (Å²) < 4.78 is 28.0. The molecule has 2 aliphatic rings. The second-order valence-corrected chi connectivity index (χ2v) is 8.57. The summed E-state index contributed by atoms with van der Waals surface area (Å²) in [5.41, 5.74) is 0.738. The quantitative estimate of drug-likeness (QED) is 0.761. The number of hydrogen-bond donors (Lipinski definition) is 1. The summed E-state index contributed by atoms with van der Waals surface area (Å²) in [5, 5.41) is 5.17. The molecule has 1 saturated heterocycles. The molecule has 0 unspecified atom stereocenters. The van der Waals surface area contributed by atoms with Crippen molar-refractivity contribution in [2.75, 3.05) is 38.2 Å². The van der Waals surface area contributed by atoms with Gasteiger partial charge in [0, 0.05) is 32.1 Å². The minimum absolute atomic E-state index is 0.137. The fourth-order valence-electron chi connectivity index (χ4n) is 3.84. The number of nitrogens with zero attached hydrogens (tertiary/aromatic N) is 2. The van der Waals surface area contributed by atoms with E-state index in [-0.39, 0.29) is 22.3 Å². The number of amides is 1. The summed E-state index contributed by atoms with van der Waals surface area (Å²) >= 11 is 0. The van der Waals surface area contributed by atoms with Gasteiger partial charge in [0.15, 0.2) is 0 Å². The van der Waals surface area contributed by atoms with Crippen molar-refractivity contribution >= 4 is 27.6 Å². The molecule has 2 N–H and O–H groups in total. The van der Waals surface area contributed by atoms with Crippen LogP contribution in [0.15, 0.2) is 23.1 Å². The Balaban J connectivity index is 1.77. The van der Waals surface area contributed by atoms with Crippen LogP contribution in [0.4, 0.5) is 5.69 Å². The molecule has 0 aromatic heterocycles. The zero-order chi connectivity index (χ0) is 19.6. The normalized spacial score (nSPS) is 18.6. The minimum atomic E-state index is -3.92. The number of methoxy groups -OCH3 is 1. The van der Waals surface area contributed by atoms with Gasteiger partial charge in [-0.05, 0) is 31.0 Å². The van der Waals surface area contributed by atoms with Crippen LogP contribution in [0.2, 0.25) is 0 Å². The first-order valence-electron chi connectivity index (χ1n) is 9.10. The minimum Gasteiger partial charge on any atom is -0.465 e. The van der Waals surface area contributed by atoms with Crippen LogP contribution in [0.5, 0.6) is 0 Å². The molecule has 2 fully saturated rings. The van der Waals surface area contributed by atoms with Gasteiger partial charge in [-0.15, -0.1) is 0 Å². The molecule has 148 valence electrons. The van der Waals surface area contributed by atoms with Gasteiger partial charge in [-0.1, -0.05) is 12.8 Å². The third-order valence-corrected chi connectivity index (χ3v) is 6.25. The van der Waals surface area contributed by atoms with E-state index in [4.69, 9.17) is 9.88 Å². The molecular weight excluding hydrogens is 370 g/mol. The van der Waals surface area contributed by atoms with Gasteiger partial charge in [-0.25, -0.2) is 18.4 Å². The molecule has 1 amide bonds. The molecular formula is C18H25N3O5S. The predicted molar refractivity (Wildman–Crippen MR) is 99.9 cm³/mol. The number of hydrogen-bond acceptors (Lipinski definition) is 6. The summed E-state index contributed by atoms with van der Waals surface area (Å²) in [4.78, 5) is 28.5. The van der Waals surface area contributed by atoms with Crippen molar-refractivity contribution in [2.45, 2.75) is 30.6 Å². The van der Waals surface area contributed by atoms with E-state index in [1.165, 1.54) is 19.2 Å². The lowest BCUT2D eigenvalue weighted by atomic mass is 10.1. The molecule has 0 spiro atoms. The monoisotopic (exact) mass is 395 g/mol. The van der Waals surface area contributed by atoms with Crippen molar-refractivity contribution in [1.29, 1.82) is 0 Å². The fraction of sp³-hybridized carbons (Fsp3) is 0.556. The first-order valence-corrected chi connectivity index (χ1v) is 10.6. The zero-order valence-electron chi connectivity index (χ0n) is 15.4. The summed E-state index contributed by atoms with van der Waals surface area (Å²) in [7, 11) is -2.68. The lowest BCUT2D eigenvalue weighted by molar-refractivity contribution is -0.135. The van der Waals surface area contributed by atoms with Crippen molar-refractivity contribution in [2.24, 2.45) is 11.1 Å². The molecule has 27 heavy (non-hydrogen) atoms. The smallest absolute Gasteiger partial charge is 0.340 e. The Labute approximate surface area is 159 Å². The molecule has 0 bridgehead atoms. The van der Waals surface area contributed by atoms with Crippen molar-refractivity contribution in [3.05, 3.63) is 23.8 Å². The van der Waals surface area contributed by atoms with E-state index in [0.717, 1.165) is 25.7 Å².